The van der Waals surface area contributed by atoms with Crippen molar-refractivity contribution in [2.24, 2.45) is 0 Å². The predicted molar refractivity (Wildman–Crippen MR) is 81.0 cm³/mol. The fraction of sp³-hybridized carbons (Fsp3) is 0.400. The molecule has 1 aromatic heterocycles. The minimum Gasteiger partial charge on any atom is -0.486 e. The Morgan fingerprint density at radius 1 is 1.20 bits per heavy atom. The lowest BCUT2D eigenvalue weighted by atomic mass is 10.3. The van der Waals surface area contributed by atoms with Crippen LogP contribution in [0.15, 0.2) is 35.7 Å². The molecule has 2 aromatic rings. The minimum absolute atomic E-state index is 0.552. The quantitative estimate of drug-likeness (QED) is 0.915. The van der Waals surface area contributed by atoms with Gasteiger partial charge in [0, 0.05) is 38.1 Å². The van der Waals surface area contributed by atoms with Gasteiger partial charge in [-0.25, -0.2) is 4.98 Å². The van der Waals surface area contributed by atoms with Crippen LogP contribution in [0, 0.1) is 0 Å². The molecule has 0 unspecified atom stereocenters. The number of benzene rings is 1. The zero-order valence-corrected chi connectivity index (χ0v) is 12.2. The monoisotopic (exact) mass is 289 g/mol. The molecule has 0 radical (unpaired) electrons. The van der Waals surface area contributed by atoms with E-state index in [1.165, 1.54) is 0 Å². The molecule has 0 atom stereocenters. The summed E-state index contributed by atoms with van der Waals surface area (Å²) in [5.41, 5.74) is 1.16. The molecule has 5 heteroatoms. The first-order valence-electron chi connectivity index (χ1n) is 6.94. The summed E-state index contributed by atoms with van der Waals surface area (Å²) in [6, 6.07) is 9.88. The van der Waals surface area contributed by atoms with Crippen molar-refractivity contribution in [3.05, 3.63) is 46.4 Å². The zero-order chi connectivity index (χ0) is 13.6. The lowest BCUT2D eigenvalue weighted by molar-refractivity contribution is 0.230. The van der Waals surface area contributed by atoms with Crippen LogP contribution in [0.5, 0.6) is 5.75 Å². The second-order valence-electron chi connectivity index (χ2n) is 4.86. The summed E-state index contributed by atoms with van der Waals surface area (Å²) >= 11 is 1.68. The van der Waals surface area contributed by atoms with Gasteiger partial charge in [-0.1, -0.05) is 18.2 Å². The molecule has 4 nitrogen and oxygen atoms in total. The SMILES string of the molecule is c1ccc(OCc2nc(CN3CCNCC3)cs2)cc1. The molecular weight excluding hydrogens is 270 g/mol. The van der Waals surface area contributed by atoms with Crippen molar-refractivity contribution in [3.8, 4) is 5.75 Å². The molecule has 0 saturated carbocycles. The summed E-state index contributed by atoms with van der Waals surface area (Å²) in [5, 5.41) is 6.55. The molecule has 0 amide bonds. The molecule has 2 heterocycles. The van der Waals surface area contributed by atoms with Gasteiger partial charge in [0.2, 0.25) is 0 Å². The molecule has 0 spiro atoms. The number of rotatable bonds is 5. The molecule has 1 aliphatic heterocycles. The molecule has 1 aromatic carbocycles. The molecule has 1 saturated heterocycles. The van der Waals surface area contributed by atoms with Crippen LogP contribution in [0.4, 0.5) is 0 Å². The highest BCUT2D eigenvalue weighted by molar-refractivity contribution is 7.09. The van der Waals surface area contributed by atoms with Crippen molar-refractivity contribution in [1.82, 2.24) is 15.2 Å². The Labute approximate surface area is 123 Å². The number of nitrogens with one attached hydrogen (secondary N) is 1. The van der Waals surface area contributed by atoms with Crippen LogP contribution < -0.4 is 10.1 Å². The Kier molecular flexibility index (Phi) is 4.63. The highest BCUT2D eigenvalue weighted by Gasteiger charge is 2.12. The van der Waals surface area contributed by atoms with Gasteiger partial charge in [-0.2, -0.15) is 0 Å². The summed E-state index contributed by atoms with van der Waals surface area (Å²) in [5.74, 6) is 0.895. The number of hydrogen-bond donors (Lipinski definition) is 1. The number of nitrogens with zero attached hydrogens (tertiary/aromatic N) is 2. The summed E-state index contributed by atoms with van der Waals surface area (Å²) in [6.07, 6.45) is 0. The third-order valence-corrected chi connectivity index (χ3v) is 4.17. The standard InChI is InChI=1S/C15H19N3OS/c1-2-4-14(5-3-1)19-11-15-17-13(12-20-15)10-18-8-6-16-7-9-18/h1-5,12,16H,6-11H2. The third kappa shape index (κ3) is 3.79. The van der Waals surface area contributed by atoms with Gasteiger partial charge in [-0.15, -0.1) is 11.3 Å². The smallest absolute Gasteiger partial charge is 0.140 e. The van der Waals surface area contributed by atoms with E-state index in [-0.39, 0.29) is 0 Å². The number of hydrogen-bond acceptors (Lipinski definition) is 5. The van der Waals surface area contributed by atoms with Crippen molar-refractivity contribution in [2.75, 3.05) is 26.2 Å². The van der Waals surface area contributed by atoms with Gasteiger partial charge in [0.25, 0.3) is 0 Å². The molecule has 1 aliphatic rings. The maximum Gasteiger partial charge on any atom is 0.140 e. The number of piperazine rings is 1. The first kappa shape index (κ1) is 13.5. The summed E-state index contributed by atoms with van der Waals surface area (Å²) in [7, 11) is 0. The van der Waals surface area contributed by atoms with E-state index in [1.54, 1.807) is 11.3 Å². The van der Waals surface area contributed by atoms with E-state index in [2.05, 4.69) is 20.6 Å². The largest absolute Gasteiger partial charge is 0.486 e. The van der Waals surface area contributed by atoms with Crippen molar-refractivity contribution in [3.63, 3.8) is 0 Å². The van der Waals surface area contributed by atoms with Crippen molar-refractivity contribution < 1.29 is 4.74 Å². The Hall–Kier alpha value is -1.43. The Bertz CT molecular complexity index is 523. The number of thiazole rings is 1. The fourth-order valence-corrected chi connectivity index (χ4v) is 2.94. The van der Waals surface area contributed by atoms with Crippen LogP contribution in [0.25, 0.3) is 0 Å². The maximum atomic E-state index is 5.72. The highest BCUT2D eigenvalue weighted by atomic mass is 32.1. The van der Waals surface area contributed by atoms with E-state index < -0.39 is 0 Å². The van der Waals surface area contributed by atoms with Crippen LogP contribution in [0.2, 0.25) is 0 Å². The van der Waals surface area contributed by atoms with E-state index in [4.69, 9.17) is 4.74 Å². The molecule has 106 valence electrons. The third-order valence-electron chi connectivity index (χ3n) is 3.30. The normalized spacial score (nSPS) is 16.2. The average molecular weight is 289 g/mol. The van der Waals surface area contributed by atoms with E-state index in [9.17, 15) is 0 Å². The number of ether oxygens (including phenoxy) is 1. The van der Waals surface area contributed by atoms with Gasteiger partial charge in [0.05, 0.1) is 5.69 Å². The molecular formula is C15H19N3OS. The van der Waals surface area contributed by atoms with Crippen LogP contribution in [0.1, 0.15) is 10.7 Å². The molecule has 20 heavy (non-hydrogen) atoms. The number of para-hydroxylation sites is 1. The second kappa shape index (κ2) is 6.83. The van der Waals surface area contributed by atoms with E-state index >= 15 is 0 Å². The van der Waals surface area contributed by atoms with Gasteiger partial charge in [-0.3, -0.25) is 4.90 Å². The Balaban J connectivity index is 1.51. The van der Waals surface area contributed by atoms with Gasteiger partial charge >= 0.3 is 0 Å². The van der Waals surface area contributed by atoms with Crippen molar-refractivity contribution in [1.29, 1.82) is 0 Å². The van der Waals surface area contributed by atoms with Crippen LogP contribution in [-0.2, 0) is 13.2 Å². The summed E-state index contributed by atoms with van der Waals surface area (Å²) in [4.78, 5) is 7.09. The Morgan fingerprint density at radius 2 is 2.00 bits per heavy atom. The van der Waals surface area contributed by atoms with Gasteiger partial charge < -0.3 is 10.1 Å². The Morgan fingerprint density at radius 3 is 2.80 bits per heavy atom. The van der Waals surface area contributed by atoms with E-state index in [1.807, 2.05) is 30.3 Å². The first-order chi connectivity index (χ1) is 9.90. The van der Waals surface area contributed by atoms with Crippen molar-refractivity contribution in [2.45, 2.75) is 13.2 Å². The van der Waals surface area contributed by atoms with Crippen molar-refractivity contribution >= 4 is 11.3 Å². The summed E-state index contributed by atoms with van der Waals surface area (Å²) in [6.45, 7) is 5.86. The van der Waals surface area contributed by atoms with Gasteiger partial charge in [0.1, 0.15) is 17.4 Å². The molecule has 1 N–H and O–H groups in total. The minimum atomic E-state index is 0.552. The second-order valence-corrected chi connectivity index (χ2v) is 5.80. The van der Waals surface area contributed by atoms with Gasteiger partial charge in [-0.05, 0) is 12.1 Å². The van der Waals surface area contributed by atoms with Crippen LogP contribution in [-0.4, -0.2) is 36.1 Å². The molecule has 3 rings (SSSR count). The summed E-state index contributed by atoms with van der Waals surface area (Å²) < 4.78 is 5.72. The van der Waals surface area contributed by atoms with Crippen LogP contribution in [0.3, 0.4) is 0 Å². The molecule has 0 aliphatic carbocycles. The number of aromatic nitrogens is 1. The van der Waals surface area contributed by atoms with E-state index in [0.29, 0.717) is 6.61 Å². The first-order valence-corrected chi connectivity index (χ1v) is 7.82. The topological polar surface area (TPSA) is 37.4 Å². The average Bonchev–Trinajstić information content (AvgIpc) is 2.95. The molecule has 0 bridgehead atoms. The highest BCUT2D eigenvalue weighted by Crippen LogP contribution is 2.16. The van der Waals surface area contributed by atoms with Crippen LogP contribution >= 0.6 is 11.3 Å². The zero-order valence-electron chi connectivity index (χ0n) is 11.4. The maximum absolute atomic E-state index is 5.72. The molecule has 1 fully saturated rings. The lowest BCUT2D eigenvalue weighted by Gasteiger charge is -2.26. The van der Waals surface area contributed by atoms with E-state index in [0.717, 1.165) is 49.2 Å². The fourth-order valence-electron chi connectivity index (χ4n) is 2.25. The predicted octanol–water partition coefficient (Wildman–Crippen LogP) is 2.13. The van der Waals surface area contributed by atoms with Gasteiger partial charge in [0.15, 0.2) is 0 Å². The lowest BCUT2D eigenvalue weighted by Crippen LogP contribution is -2.42.